The normalized spacial score (nSPS) is 20.2. The van der Waals surface area contributed by atoms with Crippen LogP contribution in [0.15, 0.2) is 0 Å². The van der Waals surface area contributed by atoms with Crippen LogP contribution in [0.2, 0.25) is 0 Å². The van der Waals surface area contributed by atoms with Gasteiger partial charge in [0.25, 0.3) is 7.82 Å². The zero-order valence-corrected chi connectivity index (χ0v) is 24.4. The molecule has 0 bridgehead atoms. The van der Waals surface area contributed by atoms with Crippen molar-refractivity contribution >= 4 is 13.8 Å². The summed E-state index contributed by atoms with van der Waals surface area (Å²) in [4.78, 5) is 23.5. The van der Waals surface area contributed by atoms with Gasteiger partial charge in [-0.25, -0.2) is 0 Å². The topological polar surface area (TPSA) is 105 Å². The average molecular weight is 536 g/mol. The van der Waals surface area contributed by atoms with E-state index in [1.54, 1.807) is 0 Å². The first-order valence-electron chi connectivity index (χ1n) is 14.3. The lowest BCUT2D eigenvalue weighted by atomic mass is 10.0. The van der Waals surface area contributed by atoms with E-state index in [1.807, 2.05) is 21.1 Å². The van der Waals surface area contributed by atoms with E-state index < -0.39 is 20.5 Å². The number of unbranched alkanes of at least 4 members (excludes halogenated alkanes) is 9. The molecule has 1 saturated carbocycles. The first-order chi connectivity index (χ1) is 17.0. The van der Waals surface area contributed by atoms with E-state index in [1.165, 1.54) is 70.6 Å². The van der Waals surface area contributed by atoms with Crippen LogP contribution in [0, 0.1) is 11.8 Å². The smallest absolute Gasteiger partial charge is 0.305 e. The number of hydrogen-bond donors (Lipinski definition) is 1. The lowest BCUT2D eigenvalue weighted by molar-refractivity contribution is -0.870. The third-order valence-corrected chi connectivity index (χ3v) is 7.79. The molecule has 4 atom stereocenters. The fraction of sp³-hybridized carbons (Fsp3) is 0.963. The van der Waals surface area contributed by atoms with E-state index in [2.05, 4.69) is 11.4 Å². The summed E-state index contributed by atoms with van der Waals surface area (Å²) < 4.78 is 26.7. The molecular weight excluding hydrogens is 481 g/mol. The van der Waals surface area contributed by atoms with E-state index in [4.69, 9.17) is 9.26 Å². The average Bonchev–Trinajstić information content (AvgIpc) is 3.55. The van der Waals surface area contributed by atoms with E-state index in [0.717, 1.165) is 31.1 Å². The van der Waals surface area contributed by atoms with Gasteiger partial charge < -0.3 is 28.3 Å². The number of nitrogens with zero attached hydrogens (tertiary/aromatic N) is 1. The van der Waals surface area contributed by atoms with Gasteiger partial charge in [-0.3, -0.25) is 9.36 Å². The predicted molar refractivity (Wildman–Crippen MR) is 141 cm³/mol. The van der Waals surface area contributed by atoms with Crippen LogP contribution >= 0.6 is 7.82 Å². The zero-order valence-electron chi connectivity index (χ0n) is 23.5. The van der Waals surface area contributed by atoms with Crippen molar-refractivity contribution in [3.8, 4) is 0 Å². The van der Waals surface area contributed by atoms with Crippen LogP contribution in [0.5, 0.6) is 0 Å². The summed E-state index contributed by atoms with van der Waals surface area (Å²) in [5, 5.41) is 9.82. The number of aliphatic hydroxyl groups excluding tert-OH is 1. The molecule has 2 unspecified atom stereocenters. The van der Waals surface area contributed by atoms with Crippen molar-refractivity contribution < 1.29 is 37.6 Å². The molecule has 1 N–H and O–H groups in total. The minimum Gasteiger partial charge on any atom is -0.756 e. The maximum atomic E-state index is 11.8. The number of hydrogen-bond acceptors (Lipinski definition) is 7. The Morgan fingerprint density at radius 2 is 1.47 bits per heavy atom. The highest BCUT2D eigenvalue weighted by atomic mass is 31.2. The van der Waals surface area contributed by atoms with E-state index in [-0.39, 0.29) is 19.2 Å². The SMILES string of the molecule is CCCCCC[C@@H]1C[C@@H]1CCCCCCCCCC(=O)OCC(O)COP(=O)([O-])OCC[N+](C)(C)C. The fourth-order valence-electron chi connectivity index (χ4n) is 4.36. The molecule has 0 spiro atoms. The van der Waals surface area contributed by atoms with Gasteiger partial charge in [-0.2, -0.15) is 0 Å². The molecule has 0 aliphatic heterocycles. The third kappa shape index (κ3) is 19.6. The molecule has 0 aromatic carbocycles. The predicted octanol–water partition coefficient (Wildman–Crippen LogP) is 5.22. The summed E-state index contributed by atoms with van der Waals surface area (Å²) >= 11 is 0. The molecule has 0 radical (unpaired) electrons. The molecular formula is C27H54NO7P. The number of phosphoric acid groups is 1. The second-order valence-corrected chi connectivity index (χ2v) is 13.0. The van der Waals surface area contributed by atoms with Gasteiger partial charge >= 0.3 is 5.97 Å². The highest BCUT2D eigenvalue weighted by molar-refractivity contribution is 7.45. The second-order valence-electron chi connectivity index (χ2n) is 11.5. The van der Waals surface area contributed by atoms with Gasteiger partial charge in [-0.05, 0) is 24.7 Å². The molecule has 1 rings (SSSR count). The van der Waals surface area contributed by atoms with Crippen LogP contribution in [0.25, 0.3) is 0 Å². The van der Waals surface area contributed by atoms with E-state index >= 15 is 0 Å². The summed E-state index contributed by atoms with van der Waals surface area (Å²) in [6.45, 7) is 1.97. The molecule has 36 heavy (non-hydrogen) atoms. The van der Waals surface area contributed by atoms with Crippen LogP contribution in [0.3, 0.4) is 0 Å². The minimum absolute atomic E-state index is 0.00447. The minimum atomic E-state index is -4.49. The first kappa shape index (κ1) is 33.5. The monoisotopic (exact) mass is 535 g/mol. The summed E-state index contributed by atoms with van der Waals surface area (Å²) in [6, 6.07) is 0. The van der Waals surface area contributed by atoms with Gasteiger partial charge in [0.15, 0.2) is 0 Å². The summed E-state index contributed by atoms with van der Waals surface area (Å²) in [5.74, 6) is 1.66. The van der Waals surface area contributed by atoms with Crippen molar-refractivity contribution in [2.75, 3.05) is 47.5 Å². The molecule has 8 nitrogen and oxygen atoms in total. The van der Waals surface area contributed by atoms with Gasteiger partial charge in [0, 0.05) is 6.42 Å². The van der Waals surface area contributed by atoms with Crippen molar-refractivity contribution in [3.63, 3.8) is 0 Å². The van der Waals surface area contributed by atoms with Gasteiger partial charge in [0.1, 0.15) is 25.9 Å². The van der Waals surface area contributed by atoms with Crippen LogP contribution in [-0.2, 0) is 23.1 Å². The number of aliphatic hydroxyl groups is 1. The maximum Gasteiger partial charge on any atom is 0.305 e. The molecule has 1 aliphatic carbocycles. The quantitative estimate of drug-likeness (QED) is 0.0782. The lowest BCUT2D eigenvalue weighted by Gasteiger charge is -2.27. The van der Waals surface area contributed by atoms with Crippen molar-refractivity contribution in [2.24, 2.45) is 11.8 Å². The Balaban J connectivity index is 1.90. The molecule has 0 aromatic heterocycles. The summed E-state index contributed by atoms with van der Waals surface area (Å²) in [7, 11) is 1.26. The van der Waals surface area contributed by atoms with Crippen LogP contribution in [-0.4, -0.2) is 69.2 Å². The lowest BCUT2D eigenvalue weighted by Crippen LogP contribution is -2.37. The van der Waals surface area contributed by atoms with Crippen molar-refractivity contribution in [1.29, 1.82) is 0 Å². The first-order valence-corrected chi connectivity index (χ1v) is 15.7. The number of rotatable bonds is 24. The Bertz CT molecular complexity index is 626. The number of likely N-dealkylation sites (N-methyl/N-ethyl adjacent to an activating group) is 1. The molecule has 0 aromatic rings. The Kier molecular flexibility index (Phi) is 17.4. The number of ether oxygens (including phenoxy) is 1. The molecule has 1 aliphatic rings. The van der Waals surface area contributed by atoms with Gasteiger partial charge in [0.05, 0.1) is 27.7 Å². The largest absolute Gasteiger partial charge is 0.756 e. The number of quaternary nitrogens is 1. The second kappa shape index (κ2) is 18.7. The van der Waals surface area contributed by atoms with Gasteiger partial charge in [-0.15, -0.1) is 0 Å². The Morgan fingerprint density at radius 1 is 0.917 bits per heavy atom. The fourth-order valence-corrected chi connectivity index (χ4v) is 5.10. The molecule has 9 heteroatoms. The van der Waals surface area contributed by atoms with Crippen LogP contribution in [0.4, 0.5) is 0 Å². The number of carbonyl (C=O) groups is 1. The Hall–Kier alpha value is -0.500. The van der Waals surface area contributed by atoms with Crippen LogP contribution in [0.1, 0.15) is 103 Å². The van der Waals surface area contributed by atoms with E-state index in [0.29, 0.717) is 17.4 Å². The highest BCUT2D eigenvalue weighted by Gasteiger charge is 2.34. The maximum absolute atomic E-state index is 11.8. The van der Waals surface area contributed by atoms with Gasteiger partial charge in [0.2, 0.25) is 0 Å². The van der Waals surface area contributed by atoms with Gasteiger partial charge in [-0.1, -0.05) is 84.0 Å². The standard InChI is InChI=1S/C27H54NO7P/c1-5-6-7-13-16-24-21-25(24)17-14-11-9-8-10-12-15-18-27(30)33-22-26(29)23-35-36(31,32)34-20-19-28(2,3)4/h24-26,29H,5-23H2,1-4H3/t24-,25+,26?/m1/s1. The molecule has 0 saturated heterocycles. The molecule has 0 amide bonds. The zero-order chi connectivity index (χ0) is 26.9. The van der Waals surface area contributed by atoms with E-state index in [9.17, 15) is 19.4 Å². The number of phosphoric ester groups is 1. The van der Waals surface area contributed by atoms with Crippen molar-refractivity contribution in [1.82, 2.24) is 0 Å². The molecule has 1 fully saturated rings. The Morgan fingerprint density at radius 3 is 2.06 bits per heavy atom. The summed E-state index contributed by atoms with van der Waals surface area (Å²) in [6.07, 6.45) is 17.0. The number of esters is 1. The van der Waals surface area contributed by atoms with Crippen LogP contribution < -0.4 is 4.89 Å². The molecule has 0 heterocycles. The summed E-state index contributed by atoms with van der Waals surface area (Å²) in [5.41, 5.74) is 0. The Labute approximate surface area is 220 Å². The third-order valence-electron chi connectivity index (χ3n) is 6.83. The number of carbonyl (C=O) groups excluding carboxylic acids is 1. The highest BCUT2D eigenvalue weighted by Crippen LogP contribution is 2.45. The molecule has 214 valence electrons. The van der Waals surface area contributed by atoms with Crippen molar-refractivity contribution in [3.05, 3.63) is 0 Å². The van der Waals surface area contributed by atoms with Crippen molar-refractivity contribution in [2.45, 2.75) is 109 Å².